The van der Waals surface area contributed by atoms with Crippen LogP contribution in [0.1, 0.15) is 51.5 Å². The van der Waals surface area contributed by atoms with Gasteiger partial charge in [-0.15, -0.1) is 0 Å². The Bertz CT molecular complexity index is 655. The summed E-state index contributed by atoms with van der Waals surface area (Å²) in [7, 11) is 0. The summed E-state index contributed by atoms with van der Waals surface area (Å²) in [6.07, 6.45) is 5.30. The zero-order valence-electron chi connectivity index (χ0n) is 16.3. The lowest BCUT2D eigenvalue weighted by Crippen LogP contribution is -2.60. The molecule has 0 aliphatic heterocycles. The van der Waals surface area contributed by atoms with Crippen LogP contribution in [0.25, 0.3) is 0 Å². The largest absolute Gasteiger partial charge is 0.396 e. The molecule has 2 saturated carbocycles. The second-order valence-electron chi connectivity index (χ2n) is 8.87. The minimum atomic E-state index is -0.586. The maximum Gasteiger partial charge on any atom is 0.220 e. The standard InChI is InChI=1S/C21H32N2O4/c1-20-8-7-18(26)21(2,13-24)17(20)6-5-16(25)15(20)10-19(27)23-12-14-4-3-9-22-11-14/h3-4,9,11,15-18,24-26H,5-8,10,12-13H2,1-2H3,(H,23,27). The van der Waals surface area contributed by atoms with E-state index < -0.39 is 17.6 Å². The zero-order valence-corrected chi connectivity index (χ0v) is 16.3. The SMILES string of the molecule is CC1(CO)C(O)CCC2(C)C(CC(=O)NCc3cccnc3)C(O)CCC12. The van der Waals surface area contributed by atoms with Crippen LogP contribution in [-0.4, -0.2) is 45.0 Å². The van der Waals surface area contributed by atoms with E-state index in [0.717, 1.165) is 18.4 Å². The van der Waals surface area contributed by atoms with Crippen LogP contribution in [0.3, 0.4) is 0 Å². The molecule has 1 amide bonds. The summed E-state index contributed by atoms with van der Waals surface area (Å²) in [5.41, 5.74) is 0.0743. The number of carbonyl (C=O) groups is 1. The van der Waals surface area contributed by atoms with E-state index in [1.54, 1.807) is 12.4 Å². The monoisotopic (exact) mass is 376 g/mol. The molecular weight excluding hydrogens is 344 g/mol. The normalized spacial score (nSPS) is 38.9. The molecular formula is C21H32N2O4. The van der Waals surface area contributed by atoms with Crippen molar-refractivity contribution in [2.45, 2.75) is 64.7 Å². The summed E-state index contributed by atoms with van der Waals surface area (Å²) in [4.78, 5) is 16.6. The number of aromatic nitrogens is 1. The number of hydrogen-bond donors (Lipinski definition) is 4. The molecule has 6 heteroatoms. The van der Waals surface area contributed by atoms with Crippen LogP contribution < -0.4 is 5.32 Å². The lowest BCUT2D eigenvalue weighted by atomic mass is 9.46. The van der Waals surface area contributed by atoms with Crippen LogP contribution in [0.4, 0.5) is 0 Å². The van der Waals surface area contributed by atoms with Gasteiger partial charge in [0.25, 0.3) is 0 Å². The van der Waals surface area contributed by atoms with Gasteiger partial charge in [0, 0.05) is 30.8 Å². The molecule has 2 aliphatic rings. The third kappa shape index (κ3) is 3.75. The minimum absolute atomic E-state index is 0.0789. The smallest absolute Gasteiger partial charge is 0.220 e. The van der Waals surface area contributed by atoms with Crippen molar-refractivity contribution in [3.05, 3.63) is 30.1 Å². The number of fused-ring (bicyclic) bond motifs is 1. The molecule has 4 N–H and O–H groups in total. The molecule has 6 unspecified atom stereocenters. The molecule has 0 radical (unpaired) electrons. The van der Waals surface area contributed by atoms with Crippen molar-refractivity contribution in [1.82, 2.24) is 10.3 Å². The summed E-state index contributed by atoms with van der Waals surface area (Å²) < 4.78 is 0. The van der Waals surface area contributed by atoms with Gasteiger partial charge in [0.2, 0.25) is 5.91 Å². The van der Waals surface area contributed by atoms with Gasteiger partial charge in [0.1, 0.15) is 0 Å². The fourth-order valence-corrected chi connectivity index (χ4v) is 5.58. The molecule has 1 heterocycles. The van der Waals surface area contributed by atoms with Crippen molar-refractivity contribution in [3.63, 3.8) is 0 Å². The van der Waals surface area contributed by atoms with E-state index in [4.69, 9.17) is 0 Å². The Balaban J connectivity index is 1.72. The maximum absolute atomic E-state index is 12.6. The van der Waals surface area contributed by atoms with E-state index in [1.807, 2.05) is 19.1 Å². The van der Waals surface area contributed by atoms with Crippen molar-refractivity contribution in [2.24, 2.45) is 22.7 Å². The molecule has 6 nitrogen and oxygen atoms in total. The quantitative estimate of drug-likeness (QED) is 0.626. The Morgan fingerprint density at radius 2 is 2.07 bits per heavy atom. The fraction of sp³-hybridized carbons (Fsp3) is 0.714. The van der Waals surface area contributed by atoms with Crippen molar-refractivity contribution >= 4 is 5.91 Å². The van der Waals surface area contributed by atoms with Crippen LogP contribution in [-0.2, 0) is 11.3 Å². The predicted molar refractivity (Wildman–Crippen MR) is 101 cm³/mol. The van der Waals surface area contributed by atoms with Crippen LogP contribution in [0, 0.1) is 22.7 Å². The van der Waals surface area contributed by atoms with Crippen molar-refractivity contribution < 1.29 is 20.1 Å². The lowest BCUT2D eigenvalue weighted by Gasteiger charge is -2.60. The van der Waals surface area contributed by atoms with E-state index >= 15 is 0 Å². The Hall–Kier alpha value is -1.50. The highest BCUT2D eigenvalue weighted by atomic mass is 16.3. The number of nitrogens with zero attached hydrogens (tertiary/aromatic N) is 1. The Kier molecular flexibility index (Phi) is 5.89. The number of carbonyl (C=O) groups excluding carboxylic acids is 1. The summed E-state index contributed by atoms with van der Waals surface area (Å²) in [6.45, 7) is 4.41. The average Bonchev–Trinajstić information content (AvgIpc) is 2.67. The molecule has 2 aliphatic carbocycles. The van der Waals surface area contributed by atoms with Crippen molar-refractivity contribution in [1.29, 1.82) is 0 Å². The van der Waals surface area contributed by atoms with Crippen molar-refractivity contribution in [2.75, 3.05) is 6.61 Å². The molecule has 0 saturated heterocycles. The van der Waals surface area contributed by atoms with Gasteiger partial charge in [0.05, 0.1) is 18.8 Å². The maximum atomic E-state index is 12.6. The first kappa shape index (κ1) is 20.2. The molecule has 150 valence electrons. The molecule has 0 bridgehead atoms. The number of aliphatic hydroxyl groups is 3. The van der Waals surface area contributed by atoms with E-state index in [-0.39, 0.29) is 36.2 Å². The number of pyridine rings is 1. The third-order valence-electron chi connectivity index (χ3n) is 7.33. The second kappa shape index (κ2) is 7.86. The van der Waals surface area contributed by atoms with Crippen LogP contribution >= 0.6 is 0 Å². The van der Waals surface area contributed by atoms with Crippen molar-refractivity contribution in [3.8, 4) is 0 Å². The molecule has 3 rings (SSSR count). The van der Waals surface area contributed by atoms with Gasteiger partial charge in [-0.05, 0) is 54.6 Å². The molecule has 2 fully saturated rings. The van der Waals surface area contributed by atoms with Crippen LogP contribution in [0.2, 0.25) is 0 Å². The van der Waals surface area contributed by atoms with Gasteiger partial charge in [-0.2, -0.15) is 0 Å². The first-order chi connectivity index (χ1) is 12.8. The number of hydrogen-bond acceptors (Lipinski definition) is 5. The highest BCUT2D eigenvalue weighted by Crippen LogP contribution is 2.60. The van der Waals surface area contributed by atoms with Crippen LogP contribution in [0.5, 0.6) is 0 Å². The summed E-state index contributed by atoms with van der Waals surface area (Å²) in [5, 5.41) is 34.2. The number of rotatable bonds is 5. The molecule has 1 aromatic heterocycles. The van der Waals surface area contributed by atoms with Gasteiger partial charge in [-0.3, -0.25) is 9.78 Å². The number of nitrogens with one attached hydrogen (secondary N) is 1. The Labute approximate surface area is 161 Å². The van der Waals surface area contributed by atoms with E-state index in [9.17, 15) is 20.1 Å². The number of aliphatic hydroxyl groups excluding tert-OH is 3. The first-order valence-corrected chi connectivity index (χ1v) is 9.94. The van der Waals surface area contributed by atoms with Gasteiger partial charge in [-0.1, -0.05) is 19.9 Å². The zero-order chi connectivity index (χ0) is 19.7. The average molecular weight is 376 g/mol. The third-order valence-corrected chi connectivity index (χ3v) is 7.33. The van der Waals surface area contributed by atoms with Gasteiger partial charge < -0.3 is 20.6 Å². The van der Waals surface area contributed by atoms with Gasteiger partial charge >= 0.3 is 0 Å². The van der Waals surface area contributed by atoms with E-state index in [2.05, 4.69) is 17.2 Å². The predicted octanol–water partition coefficient (Wildman–Crippen LogP) is 1.63. The molecule has 0 spiro atoms. The topological polar surface area (TPSA) is 103 Å². The lowest BCUT2D eigenvalue weighted by molar-refractivity contribution is -0.185. The summed E-state index contributed by atoms with van der Waals surface area (Å²) in [5.74, 6) is -0.177. The Morgan fingerprint density at radius 3 is 2.74 bits per heavy atom. The van der Waals surface area contributed by atoms with Gasteiger partial charge in [-0.25, -0.2) is 0 Å². The highest BCUT2D eigenvalue weighted by molar-refractivity contribution is 5.76. The summed E-state index contributed by atoms with van der Waals surface area (Å²) in [6, 6.07) is 3.75. The fourth-order valence-electron chi connectivity index (χ4n) is 5.58. The Morgan fingerprint density at radius 1 is 1.30 bits per heavy atom. The van der Waals surface area contributed by atoms with Gasteiger partial charge in [0.15, 0.2) is 0 Å². The highest BCUT2D eigenvalue weighted by Gasteiger charge is 2.58. The summed E-state index contributed by atoms with van der Waals surface area (Å²) >= 11 is 0. The van der Waals surface area contributed by atoms with E-state index in [1.165, 1.54) is 0 Å². The molecule has 0 aromatic carbocycles. The van der Waals surface area contributed by atoms with Crippen LogP contribution in [0.15, 0.2) is 24.5 Å². The molecule has 27 heavy (non-hydrogen) atoms. The second-order valence-corrected chi connectivity index (χ2v) is 8.87. The van der Waals surface area contributed by atoms with E-state index in [0.29, 0.717) is 19.4 Å². The molecule has 1 aromatic rings. The molecule has 6 atom stereocenters. The minimum Gasteiger partial charge on any atom is -0.396 e. The first-order valence-electron chi connectivity index (χ1n) is 9.94. The number of amides is 1.